The number of benzene rings is 2. The molecule has 0 aliphatic carbocycles. The summed E-state index contributed by atoms with van der Waals surface area (Å²) in [7, 11) is -4.41. The van der Waals surface area contributed by atoms with E-state index in [0.717, 1.165) is 18.2 Å². The smallest absolute Gasteiger partial charge is 0.351 e. The fraction of sp³-hybridized carbons (Fsp3) is 0.188. The standard InChI is InChI=1S/C16H12ClF5N2O3S/c17-12-4-1-9(16(20,21)22)7-14(12)28(26,27)24-6-5-23-15(25)11-3-2-10(18)8-13(11)19/h1-4,7-8,24H,5-6H2,(H,23,25). The summed E-state index contributed by atoms with van der Waals surface area (Å²) in [5, 5.41) is 1.77. The van der Waals surface area contributed by atoms with Crippen LogP contribution in [0.1, 0.15) is 15.9 Å². The number of hydrogen-bond donors (Lipinski definition) is 2. The topological polar surface area (TPSA) is 75.3 Å². The molecule has 0 aliphatic heterocycles. The van der Waals surface area contributed by atoms with Gasteiger partial charge in [-0.2, -0.15) is 13.2 Å². The molecule has 28 heavy (non-hydrogen) atoms. The van der Waals surface area contributed by atoms with E-state index in [9.17, 15) is 35.2 Å². The van der Waals surface area contributed by atoms with Crippen molar-refractivity contribution >= 4 is 27.5 Å². The molecule has 1 amide bonds. The maximum atomic E-state index is 13.5. The van der Waals surface area contributed by atoms with Crippen LogP contribution in [0.3, 0.4) is 0 Å². The second kappa shape index (κ2) is 8.41. The molecular weight excluding hydrogens is 431 g/mol. The van der Waals surface area contributed by atoms with E-state index in [0.29, 0.717) is 18.2 Å². The van der Waals surface area contributed by atoms with E-state index >= 15 is 0 Å². The molecule has 0 aromatic heterocycles. The van der Waals surface area contributed by atoms with E-state index in [2.05, 4.69) is 5.32 Å². The fourth-order valence-electron chi connectivity index (χ4n) is 2.09. The van der Waals surface area contributed by atoms with E-state index in [4.69, 9.17) is 11.6 Å². The van der Waals surface area contributed by atoms with Gasteiger partial charge in [-0.3, -0.25) is 4.79 Å². The summed E-state index contributed by atoms with van der Waals surface area (Å²) in [4.78, 5) is 11.0. The van der Waals surface area contributed by atoms with Crippen LogP contribution in [0.2, 0.25) is 5.02 Å². The Labute approximate surface area is 161 Å². The molecule has 0 saturated carbocycles. The maximum Gasteiger partial charge on any atom is 0.416 e. The van der Waals surface area contributed by atoms with Crippen molar-refractivity contribution in [1.82, 2.24) is 10.0 Å². The number of rotatable bonds is 6. The Morgan fingerprint density at radius 2 is 1.71 bits per heavy atom. The van der Waals surface area contributed by atoms with Gasteiger partial charge < -0.3 is 5.32 Å². The average molecular weight is 443 g/mol. The minimum atomic E-state index is -4.76. The summed E-state index contributed by atoms with van der Waals surface area (Å²) < 4.78 is 90.8. The third-order valence-corrected chi connectivity index (χ3v) is 5.37. The predicted molar refractivity (Wildman–Crippen MR) is 90.3 cm³/mol. The lowest BCUT2D eigenvalue weighted by atomic mass is 10.2. The quantitative estimate of drug-likeness (QED) is 0.532. The van der Waals surface area contributed by atoms with Gasteiger partial charge in [0.15, 0.2) is 0 Å². The Morgan fingerprint density at radius 1 is 1.04 bits per heavy atom. The molecule has 0 radical (unpaired) electrons. The number of hydrogen-bond acceptors (Lipinski definition) is 3. The summed E-state index contributed by atoms with van der Waals surface area (Å²) in [6, 6.07) is 4.12. The van der Waals surface area contributed by atoms with Crippen LogP contribution in [0.4, 0.5) is 22.0 Å². The fourth-order valence-corrected chi connectivity index (χ4v) is 3.65. The van der Waals surface area contributed by atoms with E-state index in [1.165, 1.54) is 0 Å². The zero-order valence-corrected chi connectivity index (χ0v) is 15.4. The summed E-state index contributed by atoms with van der Waals surface area (Å²) >= 11 is 5.68. The number of amides is 1. The van der Waals surface area contributed by atoms with Gasteiger partial charge >= 0.3 is 6.18 Å². The largest absolute Gasteiger partial charge is 0.416 e. The Balaban J connectivity index is 2.01. The molecular formula is C16H12ClF5N2O3S. The van der Waals surface area contributed by atoms with Gasteiger partial charge in [-0.05, 0) is 30.3 Å². The molecule has 12 heteroatoms. The van der Waals surface area contributed by atoms with Crippen LogP contribution in [0, 0.1) is 11.6 Å². The Morgan fingerprint density at radius 3 is 2.32 bits per heavy atom. The third-order valence-electron chi connectivity index (χ3n) is 3.43. The number of carbonyl (C=O) groups excluding carboxylic acids is 1. The minimum Gasteiger partial charge on any atom is -0.351 e. The predicted octanol–water partition coefficient (Wildman–Crippen LogP) is 3.35. The van der Waals surface area contributed by atoms with Gasteiger partial charge in [-0.1, -0.05) is 11.6 Å². The Bertz CT molecular complexity index is 996. The van der Waals surface area contributed by atoms with Crippen LogP contribution in [-0.4, -0.2) is 27.4 Å². The average Bonchev–Trinajstić information content (AvgIpc) is 2.57. The van der Waals surface area contributed by atoms with Crippen molar-refractivity contribution in [2.75, 3.05) is 13.1 Å². The highest BCUT2D eigenvalue weighted by Crippen LogP contribution is 2.33. The lowest BCUT2D eigenvalue weighted by Gasteiger charge is -2.12. The summed E-state index contributed by atoms with van der Waals surface area (Å²) in [5.74, 6) is -2.90. The first-order valence-corrected chi connectivity index (χ1v) is 9.37. The van der Waals surface area contributed by atoms with Crippen LogP contribution >= 0.6 is 11.6 Å². The van der Waals surface area contributed by atoms with Crippen molar-refractivity contribution in [2.24, 2.45) is 0 Å². The van der Waals surface area contributed by atoms with Crippen molar-refractivity contribution in [1.29, 1.82) is 0 Å². The molecule has 0 spiro atoms. The molecule has 152 valence electrons. The minimum absolute atomic E-state index is 0.314. The highest BCUT2D eigenvalue weighted by molar-refractivity contribution is 7.89. The Hall–Kier alpha value is -2.24. The zero-order chi connectivity index (χ0) is 21.1. The van der Waals surface area contributed by atoms with Crippen LogP contribution in [0.25, 0.3) is 0 Å². The van der Waals surface area contributed by atoms with E-state index in [1.807, 2.05) is 4.72 Å². The lowest BCUT2D eigenvalue weighted by Crippen LogP contribution is -2.35. The molecule has 2 aromatic rings. The van der Waals surface area contributed by atoms with Gasteiger partial charge in [-0.25, -0.2) is 21.9 Å². The molecule has 0 unspecified atom stereocenters. The van der Waals surface area contributed by atoms with Gasteiger partial charge in [0.2, 0.25) is 10.0 Å². The summed E-state index contributed by atoms with van der Waals surface area (Å²) in [6.07, 6.45) is -4.76. The van der Waals surface area contributed by atoms with Crippen molar-refractivity contribution in [3.63, 3.8) is 0 Å². The van der Waals surface area contributed by atoms with Crippen LogP contribution in [-0.2, 0) is 16.2 Å². The van der Waals surface area contributed by atoms with Gasteiger partial charge in [-0.15, -0.1) is 0 Å². The molecule has 0 saturated heterocycles. The van der Waals surface area contributed by atoms with E-state index < -0.39 is 61.3 Å². The highest BCUT2D eigenvalue weighted by Gasteiger charge is 2.32. The lowest BCUT2D eigenvalue weighted by molar-refractivity contribution is -0.137. The first kappa shape index (κ1) is 22.1. The maximum absolute atomic E-state index is 13.5. The second-order valence-electron chi connectivity index (χ2n) is 5.42. The van der Waals surface area contributed by atoms with Gasteiger partial charge in [0.05, 0.1) is 16.1 Å². The molecule has 0 atom stereocenters. The third kappa shape index (κ3) is 5.40. The Kier molecular flexibility index (Phi) is 6.63. The number of halogens is 6. The first-order chi connectivity index (χ1) is 12.9. The molecule has 2 N–H and O–H groups in total. The highest BCUT2D eigenvalue weighted by atomic mass is 35.5. The molecule has 5 nitrogen and oxygen atoms in total. The number of carbonyl (C=O) groups is 1. The van der Waals surface area contributed by atoms with Gasteiger partial charge in [0, 0.05) is 19.2 Å². The van der Waals surface area contributed by atoms with E-state index in [-0.39, 0.29) is 6.54 Å². The SMILES string of the molecule is O=C(NCCNS(=O)(=O)c1cc(C(F)(F)F)ccc1Cl)c1ccc(F)cc1F. The molecule has 0 bridgehead atoms. The normalized spacial score (nSPS) is 12.1. The van der Waals surface area contributed by atoms with Crippen molar-refractivity contribution in [3.8, 4) is 0 Å². The zero-order valence-electron chi connectivity index (χ0n) is 13.8. The van der Waals surface area contributed by atoms with Crippen LogP contribution in [0.15, 0.2) is 41.3 Å². The second-order valence-corrected chi connectivity index (χ2v) is 7.56. The van der Waals surface area contributed by atoms with Crippen molar-refractivity contribution in [2.45, 2.75) is 11.1 Å². The van der Waals surface area contributed by atoms with Crippen LogP contribution < -0.4 is 10.0 Å². The van der Waals surface area contributed by atoms with Crippen molar-refractivity contribution < 1.29 is 35.2 Å². The van der Waals surface area contributed by atoms with Gasteiger partial charge in [0.1, 0.15) is 16.5 Å². The number of sulfonamides is 1. The number of alkyl halides is 3. The first-order valence-electron chi connectivity index (χ1n) is 7.51. The molecule has 2 aromatic carbocycles. The van der Waals surface area contributed by atoms with Crippen LogP contribution in [0.5, 0.6) is 0 Å². The summed E-state index contributed by atoms with van der Waals surface area (Å²) in [6.45, 7) is -0.727. The molecule has 2 rings (SSSR count). The molecule has 0 aliphatic rings. The van der Waals surface area contributed by atoms with Crippen molar-refractivity contribution in [3.05, 3.63) is 64.2 Å². The van der Waals surface area contributed by atoms with Gasteiger partial charge in [0.25, 0.3) is 5.91 Å². The number of nitrogens with one attached hydrogen (secondary N) is 2. The summed E-state index contributed by atoms with van der Waals surface area (Å²) in [5.41, 5.74) is -1.65. The molecule has 0 fully saturated rings. The molecule has 0 heterocycles. The van der Waals surface area contributed by atoms with E-state index in [1.54, 1.807) is 0 Å². The monoisotopic (exact) mass is 442 g/mol.